The SMILES string of the molecule is CCc1cnc2c(OC3CCCNC3)nccn12. The van der Waals surface area contributed by atoms with Gasteiger partial charge in [0.15, 0.2) is 0 Å². The molecule has 3 rings (SSSR count). The average molecular weight is 246 g/mol. The fraction of sp³-hybridized carbons (Fsp3) is 0.538. The molecule has 0 bridgehead atoms. The maximum Gasteiger partial charge on any atom is 0.258 e. The zero-order valence-corrected chi connectivity index (χ0v) is 10.6. The van der Waals surface area contributed by atoms with Gasteiger partial charge in [0, 0.05) is 30.8 Å². The molecule has 5 nitrogen and oxygen atoms in total. The van der Waals surface area contributed by atoms with E-state index in [1.807, 2.05) is 12.4 Å². The van der Waals surface area contributed by atoms with Crippen molar-refractivity contribution in [2.24, 2.45) is 0 Å². The van der Waals surface area contributed by atoms with Crippen LogP contribution < -0.4 is 10.1 Å². The van der Waals surface area contributed by atoms with Crippen LogP contribution in [0.15, 0.2) is 18.6 Å². The number of rotatable bonds is 3. The van der Waals surface area contributed by atoms with Gasteiger partial charge < -0.3 is 10.1 Å². The average Bonchev–Trinajstić information content (AvgIpc) is 2.84. The number of aryl methyl sites for hydroxylation is 1. The summed E-state index contributed by atoms with van der Waals surface area (Å²) in [6.07, 6.45) is 9.00. The molecular formula is C13H18N4O. The Morgan fingerprint density at radius 3 is 3.22 bits per heavy atom. The number of nitrogens with one attached hydrogen (secondary N) is 1. The molecule has 0 saturated carbocycles. The first-order valence-electron chi connectivity index (χ1n) is 6.57. The van der Waals surface area contributed by atoms with Crippen LogP contribution in [0.1, 0.15) is 25.5 Å². The molecule has 18 heavy (non-hydrogen) atoms. The number of nitrogens with zero attached hydrogens (tertiary/aromatic N) is 3. The number of aromatic nitrogens is 3. The van der Waals surface area contributed by atoms with Crippen LogP contribution in [0.2, 0.25) is 0 Å². The van der Waals surface area contributed by atoms with E-state index in [0.29, 0.717) is 5.88 Å². The van der Waals surface area contributed by atoms with Crippen molar-refractivity contribution in [2.75, 3.05) is 13.1 Å². The molecule has 1 aliphatic heterocycles. The van der Waals surface area contributed by atoms with Crippen LogP contribution >= 0.6 is 0 Å². The van der Waals surface area contributed by atoms with E-state index in [2.05, 4.69) is 26.6 Å². The third-order valence-corrected chi connectivity index (χ3v) is 3.36. The molecule has 0 amide bonds. The van der Waals surface area contributed by atoms with E-state index in [0.717, 1.165) is 38.0 Å². The van der Waals surface area contributed by atoms with Crippen molar-refractivity contribution >= 4 is 5.65 Å². The molecule has 0 spiro atoms. The summed E-state index contributed by atoms with van der Waals surface area (Å²) in [6, 6.07) is 0. The van der Waals surface area contributed by atoms with Crippen LogP contribution in [0.3, 0.4) is 0 Å². The Balaban J connectivity index is 1.89. The molecular weight excluding hydrogens is 228 g/mol. The lowest BCUT2D eigenvalue weighted by Gasteiger charge is -2.23. The van der Waals surface area contributed by atoms with Crippen molar-refractivity contribution < 1.29 is 4.74 Å². The summed E-state index contributed by atoms with van der Waals surface area (Å²) in [6.45, 7) is 4.10. The molecule has 5 heteroatoms. The van der Waals surface area contributed by atoms with Crippen molar-refractivity contribution in [2.45, 2.75) is 32.3 Å². The molecule has 3 heterocycles. The molecule has 1 unspecified atom stereocenters. The Morgan fingerprint density at radius 1 is 1.50 bits per heavy atom. The van der Waals surface area contributed by atoms with Gasteiger partial charge in [-0.05, 0) is 25.8 Å². The van der Waals surface area contributed by atoms with Gasteiger partial charge >= 0.3 is 0 Å². The summed E-state index contributed by atoms with van der Waals surface area (Å²) in [5.41, 5.74) is 2.00. The molecule has 1 saturated heterocycles. The van der Waals surface area contributed by atoms with Gasteiger partial charge in [0.05, 0.1) is 0 Å². The lowest BCUT2D eigenvalue weighted by Crippen LogP contribution is -2.37. The van der Waals surface area contributed by atoms with Crippen LogP contribution in [0, 0.1) is 0 Å². The Labute approximate surface area is 106 Å². The summed E-state index contributed by atoms with van der Waals surface area (Å²) in [4.78, 5) is 8.73. The van der Waals surface area contributed by atoms with Crippen LogP contribution in [0.5, 0.6) is 5.88 Å². The number of hydrogen-bond donors (Lipinski definition) is 1. The van der Waals surface area contributed by atoms with Gasteiger partial charge in [0.2, 0.25) is 5.65 Å². The molecule has 1 fully saturated rings. The minimum atomic E-state index is 0.208. The second-order valence-electron chi connectivity index (χ2n) is 4.62. The first-order valence-corrected chi connectivity index (χ1v) is 6.57. The van der Waals surface area contributed by atoms with Crippen LogP contribution in [0.25, 0.3) is 5.65 Å². The highest BCUT2D eigenvalue weighted by Gasteiger charge is 2.17. The third kappa shape index (κ3) is 2.06. The maximum atomic E-state index is 5.97. The molecule has 1 N–H and O–H groups in total. The fourth-order valence-electron chi connectivity index (χ4n) is 2.37. The summed E-state index contributed by atoms with van der Waals surface area (Å²) in [5, 5.41) is 3.34. The summed E-state index contributed by atoms with van der Waals surface area (Å²) < 4.78 is 8.02. The van der Waals surface area contributed by atoms with Crippen molar-refractivity contribution in [3.05, 3.63) is 24.3 Å². The molecule has 0 aromatic carbocycles. The molecule has 0 aliphatic carbocycles. The van der Waals surface area contributed by atoms with E-state index in [1.54, 1.807) is 6.20 Å². The molecule has 2 aromatic rings. The van der Waals surface area contributed by atoms with Crippen molar-refractivity contribution in [1.29, 1.82) is 0 Å². The standard InChI is InChI=1S/C13H18N4O/c1-2-10-8-16-12-13(15-6-7-17(10)12)18-11-4-3-5-14-9-11/h6-8,11,14H,2-5,9H2,1H3. The zero-order valence-electron chi connectivity index (χ0n) is 10.6. The van der Waals surface area contributed by atoms with Crippen LogP contribution in [-0.4, -0.2) is 33.6 Å². The number of imidazole rings is 1. The number of hydrogen-bond acceptors (Lipinski definition) is 4. The molecule has 2 aromatic heterocycles. The summed E-state index contributed by atoms with van der Waals surface area (Å²) >= 11 is 0. The first kappa shape index (κ1) is 11.5. The normalized spacial score (nSPS) is 20.2. The quantitative estimate of drug-likeness (QED) is 0.890. The maximum absolute atomic E-state index is 5.97. The monoisotopic (exact) mass is 246 g/mol. The van der Waals surface area contributed by atoms with E-state index < -0.39 is 0 Å². The molecule has 1 aliphatic rings. The van der Waals surface area contributed by atoms with Crippen LogP contribution in [-0.2, 0) is 6.42 Å². The van der Waals surface area contributed by atoms with E-state index in [4.69, 9.17) is 4.74 Å². The molecule has 96 valence electrons. The lowest BCUT2D eigenvalue weighted by atomic mass is 10.1. The molecule has 0 radical (unpaired) electrons. The van der Waals surface area contributed by atoms with E-state index >= 15 is 0 Å². The van der Waals surface area contributed by atoms with Gasteiger partial charge in [-0.15, -0.1) is 0 Å². The number of fused-ring (bicyclic) bond motifs is 1. The van der Waals surface area contributed by atoms with E-state index in [1.165, 1.54) is 5.69 Å². The van der Waals surface area contributed by atoms with Gasteiger partial charge in [-0.1, -0.05) is 6.92 Å². The predicted molar refractivity (Wildman–Crippen MR) is 68.9 cm³/mol. The summed E-state index contributed by atoms with van der Waals surface area (Å²) in [7, 11) is 0. The fourth-order valence-corrected chi connectivity index (χ4v) is 2.37. The van der Waals surface area contributed by atoms with Gasteiger partial charge in [0.25, 0.3) is 5.88 Å². The molecule has 1 atom stereocenters. The third-order valence-electron chi connectivity index (χ3n) is 3.36. The Hall–Kier alpha value is -1.62. The summed E-state index contributed by atoms with van der Waals surface area (Å²) in [5.74, 6) is 0.644. The van der Waals surface area contributed by atoms with Crippen LogP contribution in [0.4, 0.5) is 0 Å². The predicted octanol–water partition coefficient (Wildman–Crippen LogP) is 1.42. The van der Waals surface area contributed by atoms with Crippen molar-refractivity contribution in [1.82, 2.24) is 19.7 Å². The Morgan fingerprint density at radius 2 is 2.44 bits per heavy atom. The second kappa shape index (κ2) is 4.94. The highest BCUT2D eigenvalue weighted by Crippen LogP contribution is 2.19. The topological polar surface area (TPSA) is 51.5 Å². The van der Waals surface area contributed by atoms with Crippen molar-refractivity contribution in [3.63, 3.8) is 0 Å². The second-order valence-corrected chi connectivity index (χ2v) is 4.62. The Bertz CT molecular complexity index is 531. The lowest BCUT2D eigenvalue weighted by molar-refractivity contribution is 0.162. The van der Waals surface area contributed by atoms with Gasteiger partial charge in [-0.2, -0.15) is 0 Å². The Kier molecular flexibility index (Phi) is 3.15. The smallest absolute Gasteiger partial charge is 0.258 e. The van der Waals surface area contributed by atoms with E-state index in [9.17, 15) is 0 Å². The number of piperidine rings is 1. The minimum absolute atomic E-state index is 0.208. The van der Waals surface area contributed by atoms with Gasteiger partial charge in [-0.3, -0.25) is 4.40 Å². The minimum Gasteiger partial charge on any atom is -0.470 e. The first-order chi connectivity index (χ1) is 8.88. The largest absolute Gasteiger partial charge is 0.470 e. The van der Waals surface area contributed by atoms with Gasteiger partial charge in [0.1, 0.15) is 6.10 Å². The van der Waals surface area contributed by atoms with Crippen molar-refractivity contribution in [3.8, 4) is 5.88 Å². The zero-order chi connectivity index (χ0) is 12.4. The van der Waals surface area contributed by atoms with Gasteiger partial charge in [-0.25, -0.2) is 9.97 Å². The van der Waals surface area contributed by atoms with E-state index in [-0.39, 0.29) is 6.10 Å². The number of ether oxygens (including phenoxy) is 1. The highest BCUT2D eigenvalue weighted by atomic mass is 16.5. The highest BCUT2D eigenvalue weighted by molar-refractivity contribution is 5.50.